The third kappa shape index (κ3) is 4.09. The van der Waals surface area contributed by atoms with Crippen molar-refractivity contribution < 1.29 is 9.53 Å². The fourth-order valence-electron chi connectivity index (χ4n) is 1.19. The molecule has 0 aliphatic heterocycles. The normalized spacial score (nSPS) is 11.2. The van der Waals surface area contributed by atoms with Crippen LogP contribution in [0, 0.1) is 17.2 Å². The summed E-state index contributed by atoms with van der Waals surface area (Å²) in [6.07, 6.45) is 0. The number of nitrogens with zero attached hydrogens (tertiary/aromatic N) is 1. The molecule has 0 aromatic heterocycles. The van der Waals surface area contributed by atoms with Crippen molar-refractivity contribution in [2.75, 3.05) is 11.9 Å². The van der Waals surface area contributed by atoms with Crippen molar-refractivity contribution in [1.82, 2.24) is 0 Å². The van der Waals surface area contributed by atoms with Crippen LogP contribution in [0.4, 0.5) is 5.69 Å². The van der Waals surface area contributed by atoms with Gasteiger partial charge in [-0.3, -0.25) is 4.79 Å². The predicted molar refractivity (Wildman–Crippen MR) is 76.1 cm³/mol. The molecule has 1 aromatic rings. The van der Waals surface area contributed by atoms with E-state index in [9.17, 15) is 4.79 Å². The Labute approximate surface area is 119 Å². The number of carbonyl (C=O) groups is 1. The molecule has 0 bridgehead atoms. The van der Waals surface area contributed by atoms with Gasteiger partial charge in [0.25, 0.3) is 0 Å². The first kappa shape index (κ1) is 14.6. The number of rotatable bonds is 4. The molecule has 18 heavy (non-hydrogen) atoms. The van der Waals surface area contributed by atoms with Crippen molar-refractivity contribution in [2.45, 2.75) is 6.92 Å². The highest BCUT2D eigenvalue weighted by molar-refractivity contribution is 9.10. The molecule has 0 heterocycles. The molecule has 0 radical (unpaired) electrons. The van der Waals surface area contributed by atoms with Crippen LogP contribution in [0.25, 0.3) is 0 Å². The molecule has 1 rings (SSSR count). The van der Waals surface area contributed by atoms with Crippen LogP contribution in [0.3, 0.4) is 0 Å². The first-order valence-corrected chi connectivity index (χ1v) is 6.41. The molecule has 0 aliphatic rings. The third-order valence-electron chi connectivity index (χ3n) is 2.03. The summed E-state index contributed by atoms with van der Waals surface area (Å²) >= 11 is 8.34. The van der Waals surface area contributed by atoms with Crippen molar-refractivity contribution in [2.24, 2.45) is 5.92 Å². The number of hydrogen-bond donors (Lipinski definition) is 1. The molecule has 6 heteroatoms. The van der Waals surface area contributed by atoms with E-state index in [2.05, 4.69) is 21.2 Å². The van der Waals surface area contributed by atoms with Gasteiger partial charge in [0.15, 0.2) is 5.92 Å². The summed E-state index contributed by atoms with van der Waals surface area (Å²) in [7, 11) is 0. The Morgan fingerprint density at radius 2 is 2.17 bits per heavy atom. The van der Waals surface area contributed by atoms with E-state index in [0.717, 1.165) is 4.47 Å². The maximum absolute atomic E-state index is 11.5. The molecule has 0 amide bonds. The summed E-state index contributed by atoms with van der Waals surface area (Å²) in [6.45, 7) is 1.90. The Kier molecular flexibility index (Phi) is 5.75. The predicted octanol–water partition coefficient (Wildman–Crippen LogP) is 2.89. The number of nitrogens with one attached hydrogen (secondary N) is 1. The molecule has 1 aromatic carbocycles. The van der Waals surface area contributed by atoms with Gasteiger partial charge in [-0.15, -0.1) is 0 Å². The average Bonchev–Trinajstić information content (AvgIpc) is 2.33. The van der Waals surface area contributed by atoms with Crippen LogP contribution < -0.4 is 5.32 Å². The van der Waals surface area contributed by atoms with E-state index in [1.165, 1.54) is 0 Å². The molecule has 0 fully saturated rings. The van der Waals surface area contributed by atoms with Gasteiger partial charge < -0.3 is 10.1 Å². The second kappa shape index (κ2) is 7.09. The summed E-state index contributed by atoms with van der Waals surface area (Å²) in [5, 5.41) is 11.8. The molecular weight excluding hydrogens is 316 g/mol. The van der Waals surface area contributed by atoms with Crippen LogP contribution in [-0.2, 0) is 9.53 Å². The van der Waals surface area contributed by atoms with Crippen LogP contribution in [-0.4, -0.2) is 17.6 Å². The molecule has 1 atom stereocenters. The molecular formula is C12H11BrN2O2S. The standard InChI is InChI=1S/C12H11BrN2O2S/c1-2-17-12(16)10(7-14)11(18)15-9-5-3-8(13)4-6-9/h3-6,10H,2H2,1H3,(H,15,18). The molecule has 0 aliphatic carbocycles. The lowest BCUT2D eigenvalue weighted by atomic mass is 10.1. The van der Waals surface area contributed by atoms with Gasteiger partial charge in [0, 0.05) is 10.2 Å². The molecule has 1 unspecified atom stereocenters. The Morgan fingerprint density at radius 1 is 1.56 bits per heavy atom. The highest BCUT2D eigenvalue weighted by Crippen LogP contribution is 2.15. The first-order valence-electron chi connectivity index (χ1n) is 5.21. The van der Waals surface area contributed by atoms with Crippen LogP contribution in [0.2, 0.25) is 0 Å². The first-order chi connectivity index (χ1) is 8.58. The van der Waals surface area contributed by atoms with E-state index in [-0.39, 0.29) is 11.6 Å². The van der Waals surface area contributed by atoms with Gasteiger partial charge in [0.1, 0.15) is 4.99 Å². The lowest BCUT2D eigenvalue weighted by Gasteiger charge is -2.12. The second-order valence-electron chi connectivity index (χ2n) is 3.31. The second-order valence-corrected chi connectivity index (χ2v) is 4.67. The van der Waals surface area contributed by atoms with E-state index >= 15 is 0 Å². The van der Waals surface area contributed by atoms with Crippen LogP contribution in [0.15, 0.2) is 28.7 Å². The lowest BCUT2D eigenvalue weighted by molar-refractivity contribution is -0.143. The summed E-state index contributed by atoms with van der Waals surface area (Å²) in [6, 6.07) is 9.07. The van der Waals surface area contributed by atoms with Crippen molar-refractivity contribution in [3.8, 4) is 6.07 Å². The Bertz CT molecular complexity index is 482. The summed E-state index contributed by atoms with van der Waals surface area (Å²) < 4.78 is 5.71. The number of ether oxygens (including phenoxy) is 1. The fraction of sp³-hybridized carbons (Fsp3) is 0.250. The van der Waals surface area contributed by atoms with Gasteiger partial charge in [-0.05, 0) is 31.2 Å². The molecule has 0 saturated carbocycles. The van der Waals surface area contributed by atoms with Crippen molar-refractivity contribution >= 4 is 44.8 Å². The fourth-order valence-corrected chi connectivity index (χ4v) is 1.72. The lowest BCUT2D eigenvalue weighted by Crippen LogP contribution is -2.28. The minimum atomic E-state index is -1.08. The number of nitriles is 1. The highest BCUT2D eigenvalue weighted by Gasteiger charge is 2.24. The molecule has 1 N–H and O–H groups in total. The molecule has 94 valence electrons. The number of halogens is 1. The Hall–Kier alpha value is -1.45. The van der Waals surface area contributed by atoms with Crippen LogP contribution in [0.5, 0.6) is 0 Å². The van der Waals surface area contributed by atoms with E-state index in [1.54, 1.807) is 19.1 Å². The van der Waals surface area contributed by atoms with Crippen molar-refractivity contribution in [3.63, 3.8) is 0 Å². The smallest absolute Gasteiger partial charge is 0.330 e. The molecule has 4 nitrogen and oxygen atoms in total. The van der Waals surface area contributed by atoms with E-state index in [1.807, 2.05) is 18.2 Å². The minimum Gasteiger partial charge on any atom is -0.465 e. The van der Waals surface area contributed by atoms with Gasteiger partial charge in [-0.25, -0.2) is 0 Å². The van der Waals surface area contributed by atoms with Crippen molar-refractivity contribution in [1.29, 1.82) is 5.26 Å². The monoisotopic (exact) mass is 326 g/mol. The number of carbonyl (C=O) groups excluding carboxylic acids is 1. The van der Waals surface area contributed by atoms with Gasteiger partial charge in [0.05, 0.1) is 12.7 Å². The Balaban J connectivity index is 2.72. The zero-order valence-corrected chi connectivity index (χ0v) is 12.0. The average molecular weight is 327 g/mol. The largest absolute Gasteiger partial charge is 0.465 e. The van der Waals surface area contributed by atoms with Crippen LogP contribution in [0.1, 0.15) is 6.92 Å². The summed E-state index contributed by atoms with van der Waals surface area (Å²) in [4.78, 5) is 11.6. The third-order valence-corrected chi connectivity index (χ3v) is 2.89. The SMILES string of the molecule is CCOC(=O)C(C#N)C(=S)Nc1ccc(Br)cc1. The van der Waals surface area contributed by atoms with Gasteiger partial charge in [0.2, 0.25) is 0 Å². The molecule has 0 saturated heterocycles. The summed E-state index contributed by atoms with van der Waals surface area (Å²) in [5.74, 6) is -1.71. The maximum atomic E-state index is 11.5. The van der Waals surface area contributed by atoms with Gasteiger partial charge in [-0.1, -0.05) is 28.1 Å². The van der Waals surface area contributed by atoms with Crippen molar-refractivity contribution in [3.05, 3.63) is 28.7 Å². The van der Waals surface area contributed by atoms with Crippen LogP contribution >= 0.6 is 28.1 Å². The van der Waals surface area contributed by atoms with E-state index < -0.39 is 11.9 Å². The molecule has 0 spiro atoms. The zero-order valence-electron chi connectivity index (χ0n) is 9.64. The minimum absolute atomic E-state index is 0.137. The number of benzene rings is 1. The maximum Gasteiger partial charge on any atom is 0.330 e. The highest BCUT2D eigenvalue weighted by atomic mass is 79.9. The number of thiocarbonyl (C=S) groups is 1. The van der Waals surface area contributed by atoms with Gasteiger partial charge >= 0.3 is 5.97 Å². The van der Waals surface area contributed by atoms with E-state index in [4.69, 9.17) is 22.2 Å². The Morgan fingerprint density at radius 3 is 2.67 bits per heavy atom. The number of anilines is 1. The van der Waals surface area contributed by atoms with Gasteiger partial charge in [-0.2, -0.15) is 5.26 Å². The summed E-state index contributed by atoms with van der Waals surface area (Å²) in [5.41, 5.74) is 0.716. The topological polar surface area (TPSA) is 62.1 Å². The van der Waals surface area contributed by atoms with E-state index in [0.29, 0.717) is 5.69 Å². The quantitative estimate of drug-likeness (QED) is 0.681. The zero-order chi connectivity index (χ0) is 13.5. The number of hydrogen-bond acceptors (Lipinski definition) is 4. The number of esters is 1.